The Hall–Kier alpha value is -0.610. The van der Waals surface area contributed by atoms with Crippen LogP contribution in [0.1, 0.15) is 51.9 Å². The monoisotopic (exact) mass is 258 g/mol. The molecular formula is C14H30N2O2. The summed E-state index contributed by atoms with van der Waals surface area (Å²) in [6.07, 6.45) is 7.56. The van der Waals surface area contributed by atoms with Crippen molar-refractivity contribution in [3.8, 4) is 0 Å². The van der Waals surface area contributed by atoms with E-state index in [9.17, 15) is 4.79 Å². The summed E-state index contributed by atoms with van der Waals surface area (Å²) in [6.45, 7) is 4.91. The van der Waals surface area contributed by atoms with Crippen LogP contribution in [0.2, 0.25) is 0 Å². The van der Waals surface area contributed by atoms with Crippen molar-refractivity contribution in [3.63, 3.8) is 0 Å². The minimum Gasteiger partial charge on any atom is -0.381 e. The molecule has 0 rings (SSSR count). The number of nitrogens with zero attached hydrogens (tertiary/aromatic N) is 1. The number of amides is 1. The molecule has 1 amide bonds. The Morgan fingerprint density at radius 1 is 1.11 bits per heavy atom. The zero-order chi connectivity index (χ0) is 13.6. The molecule has 0 atom stereocenters. The largest absolute Gasteiger partial charge is 0.381 e. The molecule has 4 heteroatoms. The van der Waals surface area contributed by atoms with Crippen LogP contribution in [0, 0.1) is 0 Å². The number of unbranched alkanes of at least 4 members (excludes halogenated alkanes) is 4. The van der Waals surface area contributed by atoms with E-state index in [2.05, 4.69) is 6.92 Å². The molecule has 0 aliphatic heterocycles. The lowest BCUT2D eigenvalue weighted by molar-refractivity contribution is -0.131. The van der Waals surface area contributed by atoms with Crippen molar-refractivity contribution in [2.45, 2.75) is 51.9 Å². The van der Waals surface area contributed by atoms with Crippen LogP contribution in [0.25, 0.3) is 0 Å². The van der Waals surface area contributed by atoms with Gasteiger partial charge in [-0.05, 0) is 19.4 Å². The van der Waals surface area contributed by atoms with Crippen molar-refractivity contribution >= 4 is 5.91 Å². The first-order valence-electron chi connectivity index (χ1n) is 7.24. The van der Waals surface area contributed by atoms with Crippen molar-refractivity contribution < 1.29 is 9.53 Å². The lowest BCUT2D eigenvalue weighted by atomic mass is 10.2. The standard InChI is InChI=1S/C14H30N2O2/c1-3-4-5-6-7-12-18-13-9-14(17)16(2)11-8-10-15/h3-13,15H2,1-2H3. The average Bonchev–Trinajstić information content (AvgIpc) is 2.38. The zero-order valence-corrected chi connectivity index (χ0v) is 12.1. The molecule has 0 heterocycles. The summed E-state index contributed by atoms with van der Waals surface area (Å²) in [7, 11) is 1.82. The van der Waals surface area contributed by atoms with Gasteiger partial charge in [-0.2, -0.15) is 0 Å². The maximum absolute atomic E-state index is 11.6. The van der Waals surface area contributed by atoms with Crippen molar-refractivity contribution in [1.82, 2.24) is 4.90 Å². The first-order chi connectivity index (χ1) is 8.72. The lowest BCUT2D eigenvalue weighted by Gasteiger charge is -2.16. The molecule has 0 aromatic rings. The highest BCUT2D eigenvalue weighted by molar-refractivity contribution is 5.75. The quantitative estimate of drug-likeness (QED) is 0.546. The van der Waals surface area contributed by atoms with E-state index in [1.165, 1.54) is 25.7 Å². The zero-order valence-electron chi connectivity index (χ0n) is 12.1. The van der Waals surface area contributed by atoms with Crippen molar-refractivity contribution in [2.24, 2.45) is 5.73 Å². The molecule has 0 saturated heterocycles. The fraction of sp³-hybridized carbons (Fsp3) is 0.929. The number of carbonyl (C=O) groups is 1. The number of carbonyl (C=O) groups excluding carboxylic acids is 1. The van der Waals surface area contributed by atoms with Crippen molar-refractivity contribution in [1.29, 1.82) is 0 Å². The van der Waals surface area contributed by atoms with E-state index >= 15 is 0 Å². The fourth-order valence-corrected chi connectivity index (χ4v) is 1.71. The van der Waals surface area contributed by atoms with E-state index in [0.717, 1.165) is 26.0 Å². The fourth-order valence-electron chi connectivity index (χ4n) is 1.71. The lowest BCUT2D eigenvalue weighted by Crippen LogP contribution is -2.29. The molecule has 18 heavy (non-hydrogen) atoms. The van der Waals surface area contributed by atoms with Gasteiger partial charge in [0.15, 0.2) is 0 Å². The van der Waals surface area contributed by atoms with Gasteiger partial charge < -0.3 is 15.4 Å². The second-order valence-electron chi connectivity index (χ2n) is 4.73. The predicted octanol–water partition coefficient (Wildman–Crippen LogP) is 2.17. The van der Waals surface area contributed by atoms with E-state index in [1.807, 2.05) is 7.05 Å². The normalized spacial score (nSPS) is 10.6. The molecule has 0 bridgehead atoms. The second-order valence-corrected chi connectivity index (χ2v) is 4.73. The molecule has 4 nitrogen and oxygen atoms in total. The predicted molar refractivity (Wildman–Crippen MR) is 75.5 cm³/mol. The average molecular weight is 258 g/mol. The summed E-state index contributed by atoms with van der Waals surface area (Å²) in [5.74, 6) is 0.148. The van der Waals surface area contributed by atoms with Crippen LogP contribution in [0.15, 0.2) is 0 Å². The Morgan fingerprint density at radius 3 is 2.50 bits per heavy atom. The van der Waals surface area contributed by atoms with Gasteiger partial charge in [-0.25, -0.2) is 0 Å². The van der Waals surface area contributed by atoms with E-state index in [0.29, 0.717) is 19.6 Å². The van der Waals surface area contributed by atoms with Crippen LogP contribution >= 0.6 is 0 Å². The van der Waals surface area contributed by atoms with Crippen LogP contribution < -0.4 is 5.73 Å². The Kier molecular flexibility index (Phi) is 12.4. The summed E-state index contributed by atoms with van der Waals surface area (Å²) < 4.78 is 5.47. The maximum atomic E-state index is 11.6. The van der Waals surface area contributed by atoms with E-state index < -0.39 is 0 Å². The van der Waals surface area contributed by atoms with Gasteiger partial charge in [-0.3, -0.25) is 4.79 Å². The SMILES string of the molecule is CCCCCCCOCCC(=O)N(C)CCCN. The molecule has 108 valence electrons. The Balaban J connectivity index is 3.29. The van der Waals surface area contributed by atoms with Gasteiger partial charge in [-0.1, -0.05) is 32.6 Å². The third-order valence-electron chi connectivity index (χ3n) is 2.98. The minimum absolute atomic E-state index is 0.148. The van der Waals surface area contributed by atoms with Crippen LogP contribution in [0.5, 0.6) is 0 Å². The number of rotatable bonds is 12. The molecule has 2 N–H and O–H groups in total. The van der Waals surface area contributed by atoms with Gasteiger partial charge in [0.2, 0.25) is 5.91 Å². The van der Waals surface area contributed by atoms with Gasteiger partial charge >= 0.3 is 0 Å². The molecule has 0 radical (unpaired) electrons. The van der Waals surface area contributed by atoms with Gasteiger partial charge in [-0.15, -0.1) is 0 Å². The Morgan fingerprint density at radius 2 is 1.83 bits per heavy atom. The van der Waals surface area contributed by atoms with Crippen LogP contribution in [-0.4, -0.2) is 44.2 Å². The summed E-state index contributed by atoms with van der Waals surface area (Å²) in [4.78, 5) is 13.4. The van der Waals surface area contributed by atoms with Crippen molar-refractivity contribution in [3.05, 3.63) is 0 Å². The summed E-state index contributed by atoms with van der Waals surface area (Å²) in [5.41, 5.74) is 5.40. The van der Waals surface area contributed by atoms with Crippen molar-refractivity contribution in [2.75, 3.05) is 33.4 Å². The highest BCUT2D eigenvalue weighted by Crippen LogP contribution is 2.02. The molecule has 0 aliphatic carbocycles. The van der Waals surface area contributed by atoms with E-state index in [1.54, 1.807) is 4.90 Å². The van der Waals surface area contributed by atoms with Gasteiger partial charge in [0.05, 0.1) is 13.0 Å². The van der Waals surface area contributed by atoms with Gasteiger partial charge in [0.25, 0.3) is 0 Å². The summed E-state index contributed by atoms with van der Waals surface area (Å²) in [5, 5.41) is 0. The van der Waals surface area contributed by atoms with E-state index in [-0.39, 0.29) is 5.91 Å². The highest BCUT2D eigenvalue weighted by atomic mass is 16.5. The number of hydrogen-bond donors (Lipinski definition) is 1. The number of hydrogen-bond acceptors (Lipinski definition) is 3. The highest BCUT2D eigenvalue weighted by Gasteiger charge is 2.07. The number of nitrogens with two attached hydrogens (primary N) is 1. The molecule has 0 unspecified atom stereocenters. The molecule has 0 spiro atoms. The molecular weight excluding hydrogens is 228 g/mol. The summed E-state index contributed by atoms with van der Waals surface area (Å²) >= 11 is 0. The molecule has 0 aromatic carbocycles. The molecule has 0 aliphatic rings. The first-order valence-corrected chi connectivity index (χ1v) is 7.24. The van der Waals surface area contributed by atoms with E-state index in [4.69, 9.17) is 10.5 Å². The Bertz CT molecular complexity index is 198. The first kappa shape index (κ1) is 17.4. The van der Waals surface area contributed by atoms with Crippen LogP contribution in [-0.2, 0) is 9.53 Å². The van der Waals surface area contributed by atoms with Crippen LogP contribution in [0.3, 0.4) is 0 Å². The topological polar surface area (TPSA) is 55.6 Å². The molecule has 0 fully saturated rings. The molecule has 0 aromatic heterocycles. The van der Waals surface area contributed by atoms with Gasteiger partial charge in [0, 0.05) is 20.2 Å². The third kappa shape index (κ3) is 10.5. The Labute approximate surface area is 112 Å². The van der Waals surface area contributed by atoms with Gasteiger partial charge in [0.1, 0.15) is 0 Å². The smallest absolute Gasteiger partial charge is 0.224 e. The second kappa shape index (κ2) is 12.8. The maximum Gasteiger partial charge on any atom is 0.224 e. The number of ether oxygens (including phenoxy) is 1. The third-order valence-corrected chi connectivity index (χ3v) is 2.98. The molecule has 0 saturated carbocycles. The van der Waals surface area contributed by atoms with Crippen LogP contribution in [0.4, 0.5) is 0 Å². The minimum atomic E-state index is 0.148. The summed E-state index contributed by atoms with van der Waals surface area (Å²) in [6, 6.07) is 0.